The molecule has 1 aromatic heterocycles. The molecule has 2 heterocycles. The third kappa shape index (κ3) is 5.93. The monoisotopic (exact) mass is 421 g/mol. The zero-order valence-corrected chi connectivity index (χ0v) is 17.4. The Labute approximate surface area is 174 Å². The summed E-state index contributed by atoms with van der Waals surface area (Å²) in [5.74, 6) is -0.219. The highest BCUT2D eigenvalue weighted by molar-refractivity contribution is 6.30. The van der Waals surface area contributed by atoms with Crippen LogP contribution in [-0.4, -0.2) is 45.8 Å². The van der Waals surface area contributed by atoms with E-state index in [-0.39, 0.29) is 19.0 Å². The summed E-state index contributed by atoms with van der Waals surface area (Å²) in [6.07, 6.45) is 0.942. The van der Waals surface area contributed by atoms with Crippen molar-refractivity contribution in [1.29, 1.82) is 0 Å². The molecule has 0 saturated carbocycles. The molecule has 0 radical (unpaired) electrons. The minimum Gasteiger partial charge on any atom is -0.455 e. The largest absolute Gasteiger partial charge is 0.455 e. The first-order valence-electron chi connectivity index (χ1n) is 9.44. The van der Waals surface area contributed by atoms with Crippen molar-refractivity contribution >= 4 is 23.7 Å². The SMILES string of the molecule is CC(C)(C)OC(=O)N1CCCC(C(=O)OCc2nc(-c3ccc(Cl)cc3)no2)C1. The molecule has 1 saturated heterocycles. The van der Waals surface area contributed by atoms with Crippen LogP contribution in [0, 0.1) is 5.92 Å². The Balaban J connectivity index is 1.53. The summed E-state index contributed by atoms with van der Waals surface area (Å²) in [7, 11) is 0. The lowest BCUT2D eigenvalue weighted by molar-refractivity contribution is -0.152. The molecule has 2 aromatic rings. The Morgan fingerprint density at radius 1 is 1.28 bits per heavy atom. The number of piperidine rings is 1. The fourth-order valence-electron chi connectivity index (χ4n) is 2.94. The predicted molar refractivity (Wildman–Crippen MR) is 105 cm³/mol. The molecule has 1 aliphatic heterocycles. The summed E-state index contributed by atoms with van der Waals surface area (Å²) in [5.41, 5.74) is 0.167. The van der Waals surface area contributed by atoms with Gasteiger partial charge in [0, 0.05) is 23.7 Å². The zero-order chi connectivity index (χ0) is 21.0. The highest BCUT2D eigenvalue weighted by Crippen LogP contribution is 2.22. The molecule has 0 N–H and O–H groups in total. The lowest BCUT2D eigenvalue weighted by Crippen LogP contribution is -2.45. The van der Waals surface area contributed by atoms with Crippen LogP contribution in [0.15, 0.2) is 28.8 Å². The number of carbonyl (C=O) groups excluding carboxylic acids is 2. The average molecular weight is 422 g/mol. The van der Waals surface area contributed by atoms with Crippen molar-refractivity contribution in [2.45, 2.75) is 45.8 Å². The van der Waals surface area contributed by atoms with Crippen LogP contribution in [0.3, 0.4) is 0 Å². The van der Waals surface area contributed by atoms with E-state index < -0.39 is 23.6 Å². The number of carbonyl (C=O) groups is 2. The van der Waals surface area contributed by atoms with Crippen molar-refractivity contribution in [3.63, 3.8) is 0 Å². The Morgan fingerprint density at radius 2 is 2.00 bits per heavy atom. The highest BCUT2D eigenvalue weighted by atomic mass is 35.5. The van der Waals surface area contributed by atoms with E-state index in [1.807, 2.05) is 20.8 Å². The second-order valence-corrected chi connectivity index (χ2v) is 8.33. The molecule has 1 aromatic carbocycles. The van der Waals surface area contributed by atoms with Crippen molar-refractivity contribution in [3.8, 4) is 11.4 Å². The van der Waals surface area contributed by atoms with Gasteiger partial charge in [0.2, 0.25) is 5.82 Å². The molecule has 8 nitrogen and oxygen atoms in total. The fourth-order valence-corrected chi connectivity index (χ4v) is 3.07. The van der Waals surface area contributed by atoms with Gasteiger partial charge in [0.1, 0.15) is 5.60 Å². The molecule has 1 fully saturated rings. The van der Waals surface area contributed by atoms with Crippen molar-refractivity contribution in [2.75, 3.05) is 13.1 Å². The first kappa shape index (κ1) is 21.1. The minimum absolute atomic E-state index is 0.123. The number of hydrogen-bond acceptors (Lipinski definition) is 7. The summed E-state index contributed by atoms with van der Waals surface area (Å²) in [4.78, 5) is 30.4. The highest BCUT2D eigenvalue weighted by Gasteiger charge is 2.32. The van der Waals surface area contributed by atoms with Crippen LogP contribution in [0.1, 0.15) is 39.5 Å². The number of benzene rings is 1. The Morgan fingerprint density at radius 3 is 2.69 bits per heavy atom. The third-order valence-electron chi connectivity index (χ3n) is 4.31. The van der Waals surface area contributed by atoms with Crippen LogP contribution in [0.2, 0.25) is 5.02 Å². The number of aromatic nitrogens is 2. The first-order valence-corrected chi connectivity index (χ1v) is 9.82. The van der Waals surface area contributed by atoms with E-state index in [1.165, 1.54) is 0 Å². The molecule has 3 rings (SSSR count). The van der Waals surface area contributed by atoms with E-state index in [0.29, 0.717) is 30.2 Å². The van der Waals surface area contributed by atoms with Gasteiger partial charge in [-0.15, -0.1) is 0 Å². The molecule has 156 valence electrons. The van der Waals surface area contributed by atoms with Crippen molar-refractivity contribution < 1.29 is 23.6 Å². The number of nitrogens with zero attached hydrogens (tertiary/aromatic N) is 3. The topological polar surface area (TPSA) is 94.8 Å². The molecular weight excluding hydrogens is 398 g/mol. The molecule has 29 heavy (non-hydrogen) atoms. The molecular formula is C20H24ClN3O5. The van der Waals surface area contributed by atoms with Crippen molar-refractivity contribution in [1.82, 2.24) is 15.0 Å². The second-order valence-electron chi connectivity index (χ2n) is 7.89. The Bertz CT molecular complexity index is 860. The Hall–Kier alpha value is -2.61. The van der Waals surface area contributed by atoms with Crippen LogP contribution in [0.4, 0.5) is 4.79 Å². The average Bonchev–Trinajstić information content (AvgIpc) is 3.14. The minimum atomic E-state index is -0.579. The van der Waals surface area contributed by atoms with Crippen LogP contribution >= 0.6 is 11.6 Å². The van der Waals surface area contributed by atoms with Gasteiger partial charge in [-0.1, -0.05) is 16.8 Å². The van der Waals surface area contributed by atoms with Gasteiger partial charge in [-0.2, -0.15) is 4.98 Å². The van der Waals surface area contributed by atoms with Gasteiger partial charge in [0.15, 0.2) is 6.61 Å². The molecule has 1 aliphatic rings. The van der Waals surface area contributed by atoms with Crippen LogP contribution < -0.4 is 0 Å². The van der Waals surface area contributed by atoms with Gasteiger partial charge < -0.3 is 18.9 Å². The number of amides is 1. The fraction of sp³-hybridized carbons (Fsp3) is 0.500. The normalized spacial score (nSPS) is 17.1. The summed E-state index contributed by atoms with van der Waals surface area (Å²) < 4.78 is 15.9. The predicted octanol–water partition coefficient (Wildman–Crippen LogP) is 4.08. The maximum atomic E-state index is 12.4. The van der Waals surface area contributed by atoms with Gasteiger partial charge in [-0.25, -0.2) is 4.79 Å². The number of hydrogen-bond donors (Lipinski definition) is 0. The van der Waals surface area contributed by atoms with E-state index in [9.17, 15) is 9.59 Å². The smallest absolute Gasteiger partial charge is 0.410 e. The number of ether oxygens (including phenoxy) is 2. The molecule has 0 aliphatic carbocycles. The van der Waals surface area contributed by atoms with E-state index in [2.05, 4.69) is 10.1 Å². The molecule has 1 atom stereocenters. The van der Waals surface area contributed by atoms with E-state index in [1.54, 1.807) is 29.2 Å². The van der Waals surface area contributed by atoms with Gasteiger partial charge >= 0.3 is 12.1 Å². The number of likely N-dealkylation sites (tertiary alicyclic amines) is 1. The molecule has 1 unspecified atom stereocenters. The van der Waals surface area contributed by atoms with Gasteiger partial charge in [-0.05, 0) is 57.9 Å². The van der Waals surface area contributed by atoms with E-state index in [0.717, 1.165) is 5.56 Å². The maximum Gasteiger partial charge on any atom is 0.410 e. The van der Waals surface area contributed by atoms with Crippen LogP contribution in [-0.2, 0) is 20.9 Å². The quantitative estimate of drug-likeness (QED) is 0.686. The number of esters is 1. The third-order valence-corrected chi connectivity index (χ3v) is 4.57. The standard InChI is InChI=1S/C20H24ClN3O5/c1-20(2,3)28-19(26)24-10-4-5-14(11-24)18(25)27-12-16-22-17(23-29-16)13-6-8-15(21)9-7-13/h6-9,14H,4-5,10-12H2,1-3H3. The van der Waals surface area contributed by atoms with Gasteiger partial charge in [0.25, 0.3) is 5.89 Å². The molecule has 9 heteroatoms. The summed E-state index contributed by atoms with van der Waals surface area (Å²) in [6.45, 7) is 6.14. The first-order chi connectivity index (χ1) is 13.7. The summed E-state index contributed by atoms with van der Waals surface area (Å²) >= 11 is 5.87. The summed E-state index contributed by atoms with van der Waals surface area (Å²) in [5, 5.41) is 4.50. The Kier molecular flexibility index (Phi) is 6.42. The lowest BCUT2D eigenvalue weighted by Gasteiger charge is -2.33. The molecule has 0 spiro atoms. The molecule has 1 amide bonds. The van der Waals surface area contributed by atoms with Crippen molar-refractivity contribution in [3.05, 3.63) is 35.2 Å². The zero-order valence-electron chi connectivity index (χ0n) is 16.7. The number of rotatable bonds is 4. The van der Waals surface area contributed by atoms with E-state index in [4.69, 9.17) is 25.6 Å². The maximum absolute atomic E-state index is 12.4. The van der Waals surface area contributed by atoms with Crippen molar-refractivity contribution in [2.24, 2.45) is 5.92 Å². The second kappa shape index (κ2) is 8.82. The van der Waals surface area contributed by atoms with Crippen LogP contribution in [0.25, 0.3) is 11.4 Å². The molecule has 0 bridgehead atoms. The lowest BCUT2D eigenvalue weighted by atomic mass is 9.98. The number of halogens is 1. The van der Waals surface area contributed by atoms with Gasteiger partial charge in [0.05, 0.1) is 5.92 Å². The van der Waals surface area contributed by atoms with Crippen LogP contribution in [0.5, 0.6) is 0 Å². The van der Waals surface area contributed by atoms with Gasteiger partial charge in [-0.3, -0.25) is 4.79 Å². The van der Waals surface area contributed by atoms with E-state index >= 15 is 0 Å². The summed E-state index contributed by atoms with van der Waals surface area (Å²) in [6, 6.07) is 7.01.